The third-order valence-electron chi connectivity index (χ3n) is 1.88. The molecule has 0 bridgehead atoms. The zero-order valence-electron chi connectivity index (χ0n) is 8.64. The zero-order chi connectivity index (χ0) is 13.1. The minimum Gasteiger partial charge on any atom is -0.399 e. The Morgan fingerprint density at radius 1 is 1.35 bits per heavy atom. The average Bonchev–Trinajstić information content (AvgIpc) is 2.13. The van der Waals surface area contributed by atoms with Crippen molar-refractivity contribution in [3.8, 4) is 0 Å². The van der Waals surface area contributed by atoms with Gasteiger partial charge in [-0.1, -0.05) is 15.9 Å². The molecule has 0 aliphatic rings. The molecule has 0 saturated heterocycles. The number of anilines is 1. The summed E-state index contributed by atoms with van der Waals surface area (Å²) in [6.07, 6.45) is -5.33. The maximum absolute atomic E-state index is 11.9. The minimum absolute atomic E-state index is 0.221. The number of benzene rings is 1. The highest BCUT2D eigenvalue weighted by Gasteiger charge is 2.26. The van der Waals surface area contributed by atoms with Crippen LogP contribution >= 0.6 is 15.9 Å². The molecule has 94 valence electrons. The summed E-state index contributed by atoms with van der Waals surface area (Å²) in [5.74, 6) is -0.581. The van der Waals surface area contributed by atoms with Gasteiger partial charge in [0.1, 0.15) is 0 Å². The summed E-state index contributed by atoms with van der Waals surface area (Å²) in [5.41, 5.74) is 6.09. The van der Waals surface area contributed by atoms with E-state index >= 15 is 0 Å². The Morgan fingerprint density at radius 2 is 2.00 bits per heavy atom. The predicted molar refractivity (Wildman–Crippen MR) is 61.6 cm³/mol. The first-order chi connectivity index (χ1) is 7.78. The van der Waals surface area contributed by atoms with Gasteiger partial charge in [-0.3, -0.25) is 4.79 Å². The van der Waals surface area contributed by atoms with Crippen molar-refractivity contribution in [1.29, 1.82) is 0 Å². The van der Waals surface area contributed by atoms with E-state index in [1.165, 1.54) is 12.1 Å². The van der Waals surface area contributed by atoms with Crippen LogP contribution in [0.1, 0.15) is 16.8 Å². The van der Waals surface area contributed by atoms with Crippen LogP contribution in [0.25, 0.3) is 0 Å². The number of nitrogens with two attached hydrogens (primary N) is 1. The van der Waals surface area contributed by atoms with E-state index in [1.807, 2.05) is 0 Å². The fourth-order valence-electron chi connectivity index (χ4n) is 1.16. The Hall–Kier alpha value is -1.24. The zero-order valence-corrected chi connectivity index (χ0v) is 10.2. The van der Waals surface area contributed by atoms with Crippen LogP contribution in [0.5, 0.6) is 0 Å². The second kappa shape index (κ2) is 5.39. The lowest BCUT2D eigenvalue weighted by Gasteiger charge is -2.08. The minimum atomic E-state index is -4.27. The molecule has 1 amide bonds. The van der Waals surface area contributed by atoms with Crippen molar-refractivity contribution in [2.75, 3.05) is 12.3 Å². The number of alkyl halides is 3. The lowest BCUT2D eigenvalue weighted by molar-refractivity contribution is -0.132. The third kappa shape index (κ3) is 5.08. The van der Waals surface area contributed by atoms with Crippen LogP contribution in [-0.2, 0) is 0 Å². The second-order valence-corrected chi connectivity index (χ2v) is 4.31. The van der Waals surface area contributed by atoms with Gasteiger partial charge < -0.3 is 11.1 Å². The van der Waals surface area contributed by atoms with E-state index in [0.29, 0.717) is 10.2 Å². The molecule has 0 heterocycles. The highest BCUT2D eigenvalue weighted by Crippen LogP contribution is 2.19. The van der Waals surface area contributed by atoms with Crippen LogP contribution in [0.4, 0.5) is 18.9 Å². The van der Waals surface area contributed by atoms with E-state index in [9.17, 15) is 18.0 Å². The van der Waals surface area contributed by atoms with Gasteiger partial charge in [0.2, 0.25) is 0 Å². The molecule has 0 aliphatic heterocycles. The van der Waals surface area contributed by atoms with Crippen LogP contribution in [-0.4, -0.2) is 18.6 Å². The topological polar surface area (TPSA) is 55.1 Å². The monoisotopic (exact) mass is 310 g/mol. The number of amides is 1. The quantitative estimate of drug-likeness (QED) is 0.843. The van der Waals surface area contributed by atoms with Gasteiger partial charge in [0.15, 0.2) is 0 Å². The average molecular weight is 311 g/mol. The largest absolute Gasteiger partial charge is 0.399 e. The summed E-state index contributed by atoms with van der Waals surface area (Å²) in [6, 6.07) is 4.47. The van der Waals surface area contributed by atoms with Gasteiger partial charge in [-0.15, -0.1) is 0 Å². The summed E-state index contributed by atoms with van der Waals surface area (Å²) in [6.45, 7) is -0.450. The highest BCUT2D eigenvalue weighted by atomic mass is 79.9. The van der Waals surface area contributed by atoms with Crippen molar-refractivity contribution < 1.29 is 18.0 Å². The van der Waals surface area contributed by atoms with Crippen molar-refractivity contribution in [3.63, 3.8) is 0 Å². The molecule has 0 saturated carbocycles. The first kappa shape index (κ1) is 13.8. The van der Waals surface area contributed by atoms with E-state index in [4.69, 9.17) is 5.73 Å². The van der Waals surface area contributed by atoms with Gasteiger partial charge >= 0.3 is 6.18 Å². The Labute approximate surface area is 104 Å². The number of carbonyl (C=O) groups is 1. The van der Waals surface area contributed by atoms with Gasteiger partial charge in [0.05, 0.1) is 6.42 Å². The molecule has 0 aliphatic carbocycles. The van der Waals surface area contributed by atoms with Gasteiger partial charge in [-0.2, -0.15) is 13.2 Å². The molecule has 0 radical (unpaired) electrons. The van der Waals surface area contributed by atoms with Gasteiger partial charge in [0.25, 0.3) is 5.91 Å². The number of nitrogens with one attached hydrogen (secondary N) is 1. The van der Waals surface area contributed by atoms with E-state index in [1.54, 1.807) is 6.07 Å². The van der Waals surface area contributed by atoms with Gasteiger partial charge in [0, 0.05) is 22.3 Å². The molecule has 3 N–H and O–H groups in total. The van der Waals surface area contributed by atoms with E-state index < -0.39 is 25.0 Å². The van der Waals surface area contributed by atoms with Crippen molar-refractivity contribution in [2.24, 2.45) is 0 Å². The number of carbonyl (C=O) groups excluding carboxylic acids is 1. The molecule has 17 heavy (non-hydrogen) atoms. The highest BCUT2D eigenvalue weighted by molar-refractivity contribution is 9.10. The van der Waals surface area contributed by atoms with Crippen LogP contribution in [0.3, 0.4) is 0 Å². The Kier molecular flexibility index (Phi) is 4.39. The maximum atomic E-state index is 11.9. The molecule has 0 aromatic heterocycles. The Balaban J connectivity index is 2.58. The summed E-state index contributed by atoms with van der Waals surface area (Å²) in [5, 5.41) is 2.17. The first-order valence-corrected chi connectivity index (χ1v) is 5.48. The second-order valence-electron chi connectivity index (χ2n) is 3.39. The summed E-state index contributed by atoms with van der Waals surface area (Å²) in [7, 11) is 0. The number of hydrogen-bond acceptors (Lipinski definition) is 2. The lowest BCUT2D eigenvalue weighted by Crippen LogP contribution is -2.27. The molecular weight excluding hydrogens is 301 g/mol. The van der Waals surface area contributed by atoms with Gasteiger partial charge in [-0.25, -0.2) is 0 Å². The molecule has 7 heteroatoms. The standard InChI is InChI=1S/C10H10BrF3N2O/c11-7-3-6(4-8(15)5-7)9(17)16-2-1-10(12,13)14/h3-5H,1-2,15H2,(H,16,17). The fraction of sp³-hybridized carbons (Fsp3) is 0.300. The summed E-state index contributed by atoms with van der Waals surface area (Å²) in [4.78, 5) is 11.5. The molecule has 1 aromatic carbocycles. The smallest absolute Gasteiger partial charge is 0.390 e. The van der Waals surface area contributed by atoms with Crippen molar-refractivity contribution >= 4 is 27.5 Å². The van der Waals surface area contributed by atoms with Crippen LogP contribution in [0.2, 0.25) is 0 Å². The van der Waals surface area contributed by atoms with E-state index in [0.717, 1.165) is 0 Å². The van der Waals surface area contributed by atoms with Crippen molar-refractivity contribution in [2.45, 2.75) is 12.6 Å². The van der Waals surface area contributed by atoms with Crippen LogP contribution in [0.15, 0.2) is 22.7 Å². The first-order valence-electron chi connectivity index (χ1n) is 4.69. The Morgan fingerprint density at radius 3 is 2.53 bits per heavy atom. The third-order valence-corrected chi connectivity index (χ3v) is 2.33. The normalized spacial score (nSPS) is 11.3. The van der Waals surface area contributed by atoms with Gasteiger partial charge in [-0.05, 0) is 18.2 Å². The van der Waals surface area contributed by atoms with Crippen molar-refractivity contribution in [3.05, 3.63) is 28.2 Å². The molecular formula is C10H10BrF3N2O. The van der Waals surface area contributed by atoms with E-state index in [2.05, 4.69) is 21.2 Å². The molecule has 0 fully saturated rings. The number of nitrogen functional groups attached to an aromatic ring is 1. The van der Waals surface area contributed by atoms with Crippen LogP contribution < -0.4 is 11.1 Å². The number of rotatable bonds is 3. The number of hydrogen-bond donors (Lipinski definition) is 2. The number of halogens is 4. The molecule has 3 nitrogen and oxygen atoms in total. The molecule has 1 aromatic rings. The van der Waals surface area contributed by atoms with E-state index in [-0.39, 0.29) is 5.56 Å². The SMILES string of the molecule is Nc1cc(Br)cc(C(=O)NCCC(F)(F)F)c1. The fourth-order valence-corrected chi connectivity index (χ4v) is 1.67. The molecule has 0 atom stereocenters. The molecule has 1 rings (SSSR count). The van der Waals surface area contributed by atoms with Crippen molar-refractivity contribution in [1.82, 2.24) is 5.32 Å². The Bertz CT molecular complexity index is 400. The summed E-state index contributed by atoms with van der Waals surface area (Å²) < 4.78 is 36.2. The molecule has 0 spiro atoms. The predicted octanol–water partition coefficient (Wildman–Crippen LogP) is 2.71. The summed E-state index contributed by atoms with van der Waals surface area (Å²) >= 11 is 3.14. The lowest BCUT2D eigenvalue weighted by atomic mass is 10.2. The molecule has 0 unspecified atom stereocenters. The van der Waals surface area contributed by atoms with Crippen LogP contribution in [0, 0.1) is 0 Å². The maximum Gasteiger partial charge on any atom is 0.390 e.